The predicted octanol–water partition coefficient (Wildman–Crippen LogP) is 3.08. The zero-order valence-electron chi connectivity index (χ0n) is 13.4. The summed E-state index contributed by atoms with van der Waals surface area (Å²) < 4.78 is 5.38. The largest absolute Gasteiger partial charge is 0.444 e. The van der Waals surface area contributed by atoms with Gasteiger partial charge in [-0.05, 0) is 45.6 Å². The molecule has 1 N–H and O–H groups in total. The lowest BCUT2D eigenvalue weighted by atomic mass is 9.80. The molecule has 0 aromatic heterocycles. The van der Waals surface area contributed by atoms with Crippen LogP contribution in [0.4, 0.5) is 4.79 Å². The standard InChI is InChI=1S/C14H26N4O3/c1-5-14(20,10-16-17-15)11-7-6-8-18(9-11)12(19)21-13(2,3)4/h11,20H,5-10H2,1-4H3/t11-,14-/m0/s1. The second-order valence-electron chi connectivity index (χ2n) is 6.61. The normalized spacial score (nSPS) is 22.1. The summed E-state index contributed by atoms with van der Waals surface area (Å²) in [5.74, 6) is -0.103. The fourth-order valence-corrected chi connectivity index (χ4v) is 2.59. The Morgan fingerprint density at radius 1 is 1.52 bits per heavy atom. The molecule has 1 aliphatic heterocycles. The van der Waals surface area contributed by atoms with E-state index in [4.69, 9.17) is 10.3 Å². The van der Waals surface area contributed by atoms with Crippen LogP contribution in [0.2, 0.25) is 0 Å². The van der Waals surface area contributed by atoms with E-state index in [-0.39, 0.29) is 18.6 Å². The molecule has 0 spiro atoms. The van der Waals surface area contributed by atoms with Crippen LogP contribution in [0.5, 0.6) is 0 Å². The highest BCUT2D eigenvalue weighted by Crippen LogP contribution is 2.31. The third-order valence-electron chi connectivity index (χ3n) is 3.85. The van der Waals surface area contributed by atoms with Crippen LogP contribution in [0.1, 0.15) is 47.0 Å². The lowest BCUT2D eigenvalue weighted by molar-refractivity contribution is -0.0478. The molecule has 1 saturated heterocycles. The van der Waals surface area contributed by atoms with Gasteiger partial charge < -0.3 is 14.7 Å². The van der Waals surface area contributed by atoms with Gasteiger partial charge in [0, 0.05) is 23.9 Å². The van der Waals surface area contributed by atoms with Gasteiger partial charge in [0.25, 0.3) is 0 Å². The number of amides is 1. The highest BCUT2D eigenvalue weighted by molar-refractivity contribution is 5.68. The smallest absolute Gasteiger partial charge is 0.410 e. The summed E-state index contributed by atoms with van der Waals surface area (Å²) in [7, 11) is 0. The Kier molecular flexibility index (Phi) is 5.87. The molecule has 0 aliphatic carbocycles. The molecule has 1 heterocycles. The van der Waals surface area contributed by atoms with E-state index in [1.165, 1.54) is 0 Å². The number of azide groups is 1. The van der Waals surface area contributed by atoms with Crippen molar-refractivity contribution in [3.8, 4) is 0 Å². The Morgan fingerprint density at radius 3 is 2.71 bits per heavy atom. The first-order valence-corrected chi connectivity index (χ1v) is 7.43. The van der Waals surface area contributed by atoms with Crippen molar-refractivity contribution in [1.29, 1.82) is 0 Å². The van der Waals surface area contributed by atoms with Crippen LogP contribution >= 0.6 is 0 Å². The highest BCUT2D eigenvalue weighted by atomic mass is 16.6. The lowest BCUT2D eigenvalue weighted by Crippen LogP contribution is -2.51. The van der Waals surface area contributed by atoms with Crippen molar-refractivity contribution in [2.45, 2.75) is 58.2 Å². The molecule has 0 radical (unpaired) electrons. The molecule has 0 unspecified atom stereocenters. The van der Waals surface area contributed by atoms with E-state index >= 15 is 0 Å². The van der Waals surface area contributed by atoms with Crippen LogP contribution in [-0.4, -0.2) is 46.9 Å². The van der Waals surface area contributed by atoms with Crippen LogP contribution in [0.15, 0.2) is 5.11 Å². The summed E-state index contributed by atoms with van der Waals surface area (Å²) in [6.45, 7) is 8.45. The second kappa shape index (κ2) is 7.00. The first kappa shape index (κ1) is 17.6. The molecule has 0 aromatic carbocycles. The summed E-state index contributed by atoms with van der Waals surface area (Å²) in [6, 6.07) is 0. The van der Waals surface area contributed by atoms with Gasteiger partial charge in [-0.3, -0.25) is 0 Å². The van der Waals surface area contributed by atoms with E-state index in [9.17, 15) is 9.90 Å². The maximum atomic E-state index is 12.1. The Balaban J connectivity index is 2.74. The first-order valence-electron chi connectivity index (χ1n) is 7.43. The minimum atomic E-state index is -1.06. The molecule has 7 heteroatoms. The van der Waals surface area contributed by atoms with Crippen molar-refractivity contribution in [2.24, 2.45) is 11.0 Å². The van der Waals surface area contributed by atoms with Crippen LogP contribution in [0, 0.1) is 5.92 Å². The van der Waals surface area contributed by atoms with E-state index in [1.807, 2.05) is 27.7 Å². The Labute approximate surface area is 125 Å². The molecule has 120 valence electrons. The van der Waals surface area contributed by atoms with Gasteiger partial charge in [0.15, 0.2) is 0 Å². The monoisotopic (exact) mass is 298 g/mol. The molecule has 1 rings (SSSR count). The summed E-state index contributed by atoms with van der Waals surface area (Å²) in [5.41, 5.74) is 6.86. The van der Waals surface area contributed by atoms with Crippen LogP contribution in [0.25, 0.3) is 10.4 Å². The van der Waals surface area contributed by atoms with E-state index in [1.54, 1.807) is 4.90 Å². The first-order chi connectivity index (χ1) is 9.72. The molecular weight excluding hydrogens is 272 g/mol. The van der Waals surface area contributed by atoms with Gasteiger partial charge in [-0.25, -0.2) is 4.79 Å². The van der Waals surface area contributed by atoms with E-state index in [0.717, 1.165) is 12.8 Å². The van der Waals surface area contributed by atoms with Crippen molar-refractivity contribution in [3.63, 3.8) is 0 Å². The molecule has 0 bridgehead atoms. The second-order valence-corrected chi connectivity index (χ2v) is 6.61. The predicted molar refractivity (Wildman–Crippen MR) is 79.8 cm³/mol. The summed E-state index contributed by atoms with van der Waals surface area (Å²) >= 11 is 0. The fourth-order valence-electron chi connectivity index (χ4n) is 2.59. The van der Waals surface area contributed by atoms with Gasteiger partial charge in [-0.1, -0.05) is 12.0 Å². The van der Waals surface area contributed by atoms with Crippen molar-refractivity contribution in [3.05, 3.63) is 10.4 Å². The zero-order valence-corrected chi connectivity index (χ0v) is 13.4. The topological polar surface area (TPSA) is 98.5 Å². The average Bonchev–Trinajstić information content (AvgIpc) is 2.43. The third-order valence-corrected chi connectivity index (χ3v) is 3.85. The highest BCUT2D eigenvalue weighted by Gasteiger charge is 2.39. The summed E-state index contributed by atoms with van der Waals surface area (Å²) in [5, 5.41) is 14.2. The quantitative estimate of drug-likeness (QED) is 0.490. The number of nitrogens with zero attached hydrogens (tertiary/aromatic N) is 4. The number of carbonyl (C=O) groups excluding carboxylic acids is 1. The van der Waals surface area contributed by atoms with Crippen molar-refractivity contribution >= 4 is 6.09 Å². The van der Waals surface area contributed by atoms with Gasteiger partial charge >= 0.3 is 6.09 Å². The number of piperidine rings is 1. The van der Waals surface area contributed by atoms with Crippen LogP contribution in [0.3, 0.4) is 0 Å². The molecule has 0 saturated carbocycles. The summed E-state index contributed by atoms with van der Waals surface area (Å²) in [4.78, 5) is 16.5. The average molecular weight is 298 g/mol. The maximum absolute atomic E-state index is 12.1. The minimum Gasteiger partial charge on any atom is -0.444 e. The number of carbonyl (C=O) groups is 1. The van der Waals surface area contributed by atoms with Crippen LogP contribution in [-0.2, 0) is 4.74 Å². The third kappa shape index (κ3) is 5.10. The van der Waals surface area contributed by atoms with Gasteiger partial charge in [0.1, 0.15) is 5.60 Å². The Morgan fingerprint density at radius 2 is 2.19 bits per heavy atom. The number of likely N-dealkylation sites (tertiary alicyclic amines) is 1. The molecule has 21 heavy (non-hydrogen) atoms. The Bertz CT molecular complexity index is 415. The number of aliphatic hydroxyl groups is 1. The molecule has 1 amide bonds. The number of hydrogen-bond donors (Lipinski definition) is 1. The summed E-state index contributed by atoms with van der Waals surface area (Å²) in [6.07, 6.45) is 1.75. The van der Waals surface area contributed by atoms with Crippen molar-refractivity contribution in [2.75, 3.05) is 19.6 Å². The number of hydrogen-bond acceptors (Lipinski definition) is 4. The molecular formula is C14H26N4O3. The number of ether oxygens (including phenoxy) is 1. The Hall–Kier alpha value is -1.46. The lowest BCUT2D eigenvalue weighted by Gasteiger charge is -2.41. The SMILES string of the molecule is CC[C@](O)(CN=[N+]=[N-])[C@H]1CCCN(C(=O)OC(C)(C)C)C1. The van der Waals surface area contributed by atoms with Crippen molar-refractivity contribution < 1.29 is 14.6 Å². The molecule has 1 aliphatic rings. The molecule has 2 atom stereocenters. The van der Waals surface area contributed by atoms with Gasteiger partial charge in [-0.15, -0.1) is 0 Å². The van der Waals surface area contributed by atoms with E-state index < -0.39 is 11.2 Å². The van der Waals surface area contributed by atoms with Gasteiger partial charge in [0.05, 0.1) is 12.1 Å². The van der Waals surface area contributed by atoms with Gasteiger partial charge in [0.2, 0.25) is 0 Å². The van der Waals surface area contributed by atoms with E-state index in [2.05, 4.69) is 10.0 Å². The zero-order chi connectivity index (χ0) is 16.1. The fraction of sp³-hybridized carbons (Fsp3) is 0.929. The van der Waals surface area contributed by atoms with Crippen LogP contribution < -0.4 is 0 Å². The number of rotatable bonds is 4. The molecule has 7 nitrogen and oxygen atoms in total. The maximum Gasteiger partial charge on any atom is 0.410 e. The van der Waals surface area contributed by atoms with E-state index in [0.29, 0.717) is 19.5 Å². The minimum absolute atomic E-state index is 0.0345. The molecule has 0 aromatic rings. The van der Waals surface area contributed by atoms with Crippen molar-refractivity contribution in [1.82, 2.24) is 4.90 Å². The molecule has 1 fully saturated rings. The van der Waals surface area contributed by atoms with Gasteiger partial charge in [-0.2, -0.15) is 0 Å².